The zero-order valence-corrected chi connectivity index (χ0v) is 14.3. The number of hydrogen-bond donors (Lipinski definition) is 3. The van der Waals surface area contributed by atoms with Crippen LogP contribution in [-0.4, -0.2) is 21.6 Å². The van der Waals surface area contributed by atoms with Crippen LogP contribution in [0, 0.1) is 0 Å². The first-order valence-electron chi connectivity index (χ1n) is 8.20. The van der Waals surface area contributed by atoms with Crippen molar-refractivity contribution in [2.24, 2.45) is 0 Å². The summed E-state index contributed by atoms with van der Waals surface area (Å²) in [6.07, 6.45) is 4.89. The Balaban J connectivity index is 1.80. The molecular formula is C19H20ClN3O. The van der Waals surface area contributed by atoms with E-state index in [1.54, 1.807) is 12.4 Å². The fourth-order valence-corrected chi connectivity index (χ4v) is 3.81. The van der Waals surface area contributed by atoms with Crippen LogP contribution in [0.5, 0.6) is 0 Å². The van der Waals surface area contributed by atoms with Gasteiger partial charge in [0.25, 0.3) is 0 Å². The monoisotopic (exact) mass is 341 g/mol. The molecule has 3 aromatic rings. The Morgan fingerprint density at radius 2 is 2.25 bits per heavy atom. The normalized spacial score (nSPS) is 16.8. The third-order valence-corrected chi connectivity index (χ3v) is 5.04. The van der Waals surface area contributed by atoms with Crippen molar-refractivity contribution in [2.45, 2.75) is 31.9 Å². The fraction of sp³-hybridized carbons (Fsp3) is 0.316. The van der Waals surface area contributed by atoms with Crippen molar-refractivity contribution in [3.05, 3.63) is 64.1 Å². The van der Waals surface area contributed by atoms with Crippen LogP contribution in [0.15, 0.2) is 36.7 Å². The second kappa shape index (κ2) is 5.88. The highest BCUT2D eigenvalue weighted by molar-refractivity contribution is 6.31. The summed E-state index contributed by atoms with van der Waals surface area (Å²) in [6, 6.07) is 7.71. The van der Waals surface area contributed by atoms with Crippen LogP contribution in [0.2, 0.25) is 5.02 Å². The maximum atomic E-state index is 11.0. The maximum absolute atomic E-state index is 11.0. The van der Waals surface area contributed by atoms with E-state index in [4.69, 9.17) is 11.6 Å². The molecule has 0 spiro atoms. The van der Waals surface area contributed by atoms with Gasteiger partial charge in [0.05, 0.1) is 5.60 Å². The minimum atomic E-state index is -1.00. The van der Waals surface area contributed by atoms with Crippen LogP contribution in [0.1, 0.15) is 29.3 Å². The average molecular weight is 342 g/mol. The first-order chi connectivity index (χ1) is 11.5. The van der Waals surface area contributed by atoms with Crippen LogP contribution in [0.4, 0.5) is 0 Å². The van der Waals surface area contributed by atoms with Gasteiger partial charge < -0.3 is 15.4 Å². The average Bonchev–Trinajstić information content (AvgIpc) is 2.94. The number of pyridine rings is 1. The molecule has 0 bridgehead atoms. The smallest absolute Gasteiger partial charge is 0.0924 e. The van der Waals surface area contributed by atoms with Crippen LogP contribution in [-0.2, 0) is 25.0 Å². The predicted octanol–water partition coefficient (Wildman–Crippen LogP) is 3.31. The van der Waals surface area contributed by atoms with E-state index in [2.05, 4.69) is 15.3 Å². The largest absolute Gasteiger partial charge is 0.385 e. The lowest BCUT2D eigenvalue weighted by atomic mass is 9.89. The Morgan fingerprint density at radius 1 is 1.38 bits per heavy atom. The molecule has 0 saturated carbocycles. The van der Waals surface area contributed by atoms with E-state index in [0.717, 1.165) is 41.5 Å². The third-order valence-electron chi connectivity index (χ3n) is 4.82. The van der Waals surface area contributed by atoms with Crippen molar-refractivity contribution >= 4 is 22.5 Å². The maximum Gasteiger partial charge on any atom is 0.0924 e. The number of aromatic amines is 1. The number of aromatic nitrogens is 2. The highest BCUT2D eigenvalue weighted by atomic mass is 35.5. The van der Waals surface area contributed by atoms with Crippen molar-refractivity contribution in [2.75, 3.05) is 6.54 Å². The quantitative estimate of drug-likeness (QED) is 0.685. The van der Waals surface area contributed by atoms with Gasteiger partial charge in [-0.3, -0.25) is 4.98 Å². The third kappa shape index (κ3) is 2.71. The van der Waals surface area contributed by atoms with Gasteiger partial charge in [-0.25, -0.2) is 0 Å². The van der Waals surface area contributed by atoms with E-state index in [9.17, 15) is 5.11 Å². The van der Waals surface area contributed by atoms with Gasteiger partial charge in [-0.05, 0) is 36.2 Å². The number of halogens is 1. The predicted molar refractivity (Wildman–Crippen MR) is 96.2 cm³/mol. The zero-order chi connectivity index (χ0) is 16.7. The molecule has 0 amide bonds. The molecule has 4 nitrogen and oxygen atoms in total. The van der Waals surface area contributed by atoms with Gasteiger partial charge >= 0.3 is 0 Å². The summed E-state index contributed by atoms with van der Waals surface area (Å²) in [5.41, 5.74) is 4.47. The molecule has 2 aromatic heterocycles. The standard InChI is InChI=1S/C19H20ClN3O/c1-19(24,13-3-2-5-21-10-13)9-12-7-14(20)8-15-16-11-22-6-4-17(16)23-18(12)15/h2-3,5,7-8,10,22-24H,4,6,9,11H2,1H3. The fourth-order valence-electron chi connectivity index (χ4n) is 3.57. The molecule has 1 aliphatic rings. The van der Waals surface area contributed by atoms with E-state index < -0.39 is 5.60 Å². The molecule has 3 heterocycles. The van der Waals surface area contributed by atoms with Crippen molar-refractivity contribution in [1.82, 2.24) is 15.3 Å². The molecule has 1 unspecified atom stereocenters. The van der Waals surface area contributed by atoms with Crippen molar-refractivity contribution in [3.8, 4) is 0 Å². The number of nitrogens with one attached hydrogen (secondary N) is 2. The highest BCUT2D eigenvalue weighted by Gasteiger charge is 2.26. The number of rotatable bonds is 3. The van der Waals surface area contributed by atoms with Crippen LogP contribution in [0.3, 0.4) is 0 Å². The second-order valence-corrected chi connectivity index (χ2v) is 7.13. The Morgan fingerprint density at radius 3 is 3.04 bits per heavy atom. The van der Waals surface area contributed by atoms with Crippen molar-refractivity contribution in [1.29, 1.82) is 0 Å². The molecule has 4 rings (SSSR count). The molecular weight excluding hydrogens is 322 g/mol. The topological polar surface area (TPSA) is 60.9 Å². The van der Waals surface area contributed by atoms with Gasteiger partial charge in [0.1, 0.15) is 0 Å². The number of benzene rings is 1. The number of hydrogen-bond acceptors (Lipinski definition) is 3. The molecule has 24 heavy (non-hydrogen) atoms. The first-order valence-corrected chi connectivity index (χ1v) is 8.58. The first kappa shape index (κ1) is 15.6. The molecule has 5 heteroatoms. The van der Waals surface area contributed by atoms with Crippen LogP contribution >= 0.6 is 11.6 Å². The molecule has 3 N–H and O–H groups in total. The highest BCUT2D eigenvalue weighted by Crippen LogP contribution is 2.34. The Hall–Kier alpha value is -1.88. The molecule has 1 aliphatic heterocycles. The van der Waals surface area contributed by atoms with E-state index >= 15 is 0 Å². The van der Waals surface area contributed by atoms with Crippen LogP contribution in [0.25, 0.3) is 10.9 Å². The summed E-state index contributed by atoms with van der Waals surface area (Å²) in [5.74, 6) is 0. The summed E-state index contributed by atoms with van der Waals surface area (Å²) in [5, 5.41) is 16.2. The van der Waals surface area contributed by atoms with Gasteiger partial charge in [0.2, 0.25) is 0 Å². The number of fused-ring (bicyclic) bond motifs is 3. The number of nitrogens with zero attached hydrogens (tertiary/aromatic N) is 1. The Labute approximate surface area is 145 Å². The van der Waals surface area contributed by atoms with E-state index in [0.29, 0.717) is 11.4 Å². The molecule has 1 atom stereocenters. The molecule has 0 aliphatic carbocycles. The molecule has 0 saturated heterocycles. The lowest BCUT2D eigenvalue weighted by Crippen LogP contribution is -2.24. The lowest BCUT2D eigenvalue weighted by molar-refractivity contribution is 0.0576. The van der Waals surface area contributed by atoms with E-state index in [-0.39, 0.29) is 0 Å². The summed E-state index contributed by atoms with van der Waals surface area (Å²) >= 11 is 6.37. The van der Waals surface area contributed by atoms with Gasteiger partial charge in [-0.15, -0.1) is 0 Å². The summed E-state index contributed by atoms with van der Waals surface area (Å²) in [4.78, 5) is 7.68. The van der Waals surface area contributed by atoms with Gasteiger partial charge in [-0.2, -0.15) is 0 Å². The minimum absolute atomic E-state index is 0.475. The van der Waals surface area contributed by atoms with Gasteiger partial charge in [0.15, 0.2) is 0 Å². The van der Waals surface area contributed by atoms with Gasteiger partial charge in [0, 0.05) is 65.5 Å². The lowest BCUT2D eigenvalue weighted by Gasteiger charge is -2.24. The van der Waals surface area contributed by atoms with Gasteiger partial charge in [-0.1, -0.05) is 17.7 Å². The summed E-state index contributed by atoms with van der Waals surface area (Å²) in [7, 11) is 0. The van der Waals surface area contributed by atoms with E-state index in [1.807, 2.05) is 31.2 Å². The van der Waals surface area contributed by atoms with Crippen LogP contribution < -0.4 is 5.32 Å². The Kier molecular flexibility index (Phi) is 3.83. The number of H-pyrrole nitrogens is 1. The summed E-state index contributed by atoms with van der Waals surface area (Å²) in [6.45, 7) is 3.66. The number of aliphatic hydroxyl groups is 1. The molecule has 1 aromatic carbocycles. The minimum Gasteiger partial charge on any atom is -0.385 e. The summed E-state index contributed by atoms with van der Waals surface area (Å²) < 4.78 is 0. The molecule has 0 radical (unpaired) electrons. The molecule has 124 valence electrons. The molecule has 0 fully saturated rings. The van der Waals surface area contributed by atoms with Crippen molar-refractivity contribution in [3.63, 3.8) is 0 Å². The zero-order valence-electron chi connectivity index (χ0n) is 13.6. The second-order valence-electron chi connectivity index (χ2n) is 6.69. The van der Waals surface area contributed by atoms with Crippen molar-refractivity contribution < 1.29 is 5.11 Å². The SMILES string of the molecule is CC(O)(Cc1cc(Cl)cc2c3c([nH]c12)CCNC3)c1cccnc1. The van der Waals surface area contributed by atoms with E-state index in [1.165, 1.54) is 11.3 Å². The Bertz CT molecular complexity index is 887.